The Bertz CT molecular complexity index is 575. The van der Waals surface area contributed by atoms with E-state index in [0.29, 0.717) is 6.42 Å². The Morgan fingerprint density at radius 1 is 0.897 bits per heavy atom. The average molecular weight is 464 g/mol. The van der Waals surface area contributed by atoms with E-state index < -0.39 is 9.96 Å². The Labute approximate surface area is 192 Å². The normalized spacial score (nSPS) is 12.6. The van der Waals surface area contributed by atoms with Crippen LogP contribution in [0.1, 0.15) is 89.5 Å². The third-order valence-electron chi connectivity index (χ3n) is 5.08. The zero-order valence-electron chi connectivity index (χ0n) is 17.9. The standard InChI is InChI=1S/C23H37Cl3N2O/c1-3-4-5-6-7-8-9-10-11-12-13-18-21(29)28-22(23(24,25)26)27-20-17-15-14-16-19(20)2/h14-17,22,27H,3-13,18H2,1-2H3,(H,28,29)/t22-/m1/s1. The van der Waals surface area contributed by atoms with Gasteiger partial charge in [-0.15, -0.1) is 0 Å². The Morgan fingerprint density at radius 2 is 1.41 bits per heavy atom. The van der Waals surface area contributed by atoms with Gasteiger partial charge in [-0.25, -0.2) is 0 Å². The minimum atomic E-state index is -1.64. The number of aryl methyl sites for hydroxylation is 1. The highest BCUT2D eigenvalue weighted by Gasteiger charge is 2.34. The average Bonchev–Trinajstić information content (AvgIpc) is 2.66. The van der Waals surface area contributed by atoms with E-state index in [9.17, 15) is 4.79 Å². The topological polar surface area (TPSA) is 41.1 Å². The zero-order valence-corrected chi connectivity index (χ0v) is 20.2. The van der Waals surface area contributed by atoms with Gasteiger partial charge in [-0.3, -0.25) is 4.79 Å². The Morgan fingerprint density at radius 3 is 1.93 bits per heavy atom. The maximum atomic E-state index is 12.3. The molecular weight excluding hydrogens is 427 g/mol. The van der Waals surface area contributed by atoms with Crippen molar-refractivity contribution in [2.45, 2.75) is 101 Å². The fourth-order valence-corrected chi connectivity index (χ4v) is 3.60. The summed E-state index contributed by atoms with van der Waals surface area (Å²) in [5.74, 6) is -0.0988. The molecule has 6 heteroatoms. The molecule has 0 aliphatic heterocycles. The minimum Gasteiger partial charge on any atom is -0.362 e. The molecule has 1 aromatic carbocycles. The van der Waals surface area contributed by atoms with Gasteiger partial charge >= 0.3 is 0 Å². The molecule has 29 heavy (non-hydrogen) atoms. The Hall–Kier alpha value is -0.640. The number of unbranched alkanes of at least 4 members (excludes halogenated alkanes) is 10. The quantitative estimate of drug-likeness (QED) is 0.157. The van der Waals surface area contributed by atoms with Crippen LogP contribution in [0.15, 0.2) is 24.3 Å². The number of hydrogen-bond acceptors (Lipinski definition) is 2. The van der Waals surface area contributed by atoms with Crippen molar-refractivity contribution >= 4 is 46.4 Å². The maximum Gasteiger partial charge on any atom is 0.228 e. The second kappa shape index (κ2) is 15.2. The van der Waals surface area contributed by atoms with Gasteiger partial charge in [0.1, 0.15) is 6.17 Å². The third kappa shape index (κ3) is 12.6. The molecule has 0 saturated carbocycles. The van der Waals surface area contributed by atoms with Crippen LogP contribution in [-0.4, -0.2) is 15.9 Å². The van der Waals surface area contributed by atoms with E-state index in [1.165, 1.54) is 57.8 Å². The lowest BCUT2D eigenvalue weighted by molar-refractivity contribution is -0.121. The predicted molar refractivity (Wildman–Crippen MR) is 128 cm³/mol. The number of halogens is 3. The monoisotopic (exact) mass is 462 g/mol. The van der Waals surface area contributed by atoms with Crippen LogP contribution in [0.3, 0.4) is 0 Å². The predicted octanol–water partition coefficient (Wildman–Crippen LogP) is 7.92. The van der Waals surface area contributed by atoms with Crippen LogP contribution in [0.2, 0.25) is 0 Å². The largest absolute Gasteiger partial charge is 0.362 e. The van der Waals surface area contributed by atoms with Gasteiger partial charge in [-0.05, 0) is 25.0 Å². The number of benzene rings is 1. The molecule has 0 saturated heterocycles. The summed E-state index contributed by atoms with van der Waals surface area (Å²) in [6, 6.07) is 7.70. The van der Waals surface area contributed by atoms with Crippen molar-refractivity contribution in [3.05, 3.63) is 29.8 Å². The van der Waals surface area contributed by atoms with Crippen LogP contribution < -0.4 is 10.6 Å². The molecule has 3 nitrogen and oxygen atoms in total. The summed E-state index contributed by atoms with van der Waals surface area (Å²) in [5.41, 5.74) is 1.85. The van der Waals surface area contributed by atoms with Gasteiger partial charge < -0.3 is 10.6 Å². The first-order valence-corrected chi connectivity index (χ1v) is 12.2. The van der Waals surface area contributed by atoms with Gasteiger partial charge in [0.05, 0.1) is 0 Å². The summed E-state index contributed by atoms with van der Waals surface area (Å²) >= 11 is 18.2. The molecule has 166 valence electrons. The number of alkyl halides is 3. The zero-order chi connectivity index (χ0) is 21.5. The fourth-order valence-electron chi connectivity index (χ4n) is 3.27. The number of hydrogen-bond donors (Lipinski definition) is 2. The first kappa shape index (κ1) is 26.4. The maximum absolute atomic E-state index is 12.3. The van der Waals surface area contributed by atoms with Gasteiger partial charge in [-0.2, -0.15) is 0 Å². The molecule has 0 heterocycles. The van der Waals surface area contributed by atoms with Crippen molar-refractivity contribution in [1.29, 1.82) is 0 Å². The molecule has 0 aliphatic carbocycles. The van der Waals surface area contributed by atoms with Crippen molar-refractivity contribution in [2.24, 2.45) is 0 Å². The number of para-hydroxylation sites is 1. The number of rotatable bonds is 15. The summed E-state index contributed by atoms with van der Waals surface area (Å²) in [6.45, 7) is 4.21. The summed E-state index contributed by atoms with van der Waals surface area (Å²) < 4.78 is -1.64. The second-order valence-corrected chi connectivity index (χ2v) is 10.2. The van der Waals surface area contributed by atoms with E-state index in [2.05, 4.69) is 17.6 Å². The summed E-state index contributed by atoms with van der Waals surface area (Å²) in [4.78, 5) is 12.3. The van der Waals surface area contributed by atoms with Crippen LogP contribution in [0.25, 0.3) is 0 Å². The van der Waals surface area contributed by atoms with E-state index in [4.69, 9.17) is 34.8 Å². The molecule has 1 atom stereocenters. The molecule has 0 bridgehead atoms. The van der Waals surface area contributed by atoms with Gasteiger partial charge in [0, 0.05) is 12.1 Å². The van der Waals surface area contributed by atoms with Crippen LogP contribution in [0.5, 0.6) is 0 Å². The van der Waals surface area contributed by atoms with Gasteiger partial charge in [0.15, 0.2) is 0 Å². The van der Waals surface area contributed by atoms with Crippen molar-refractivity contribution in [2.75, 3.05) is 5.32 Å². The van der Waals surface area contributed by atoms with Crippen LogP contribution in [-0.2, 0) is 4.79 Å². The smallest absolute Gasteiger partial charge is 0.228 e. The summed E-state index contributed by atoms with van der Waals surface area (Å²) in [6.07, 6.45) is 13.4. The van der Waals surface area contributed by atoms with Crippen molar-refractivity contribution in [3.63, 3.8) is 0 Å². The van der Waals surface area contributed by atoms with Crippen LogP contribution >= 0.6 is 34.8 Å². The second-order valence-electron chi connectivity index (χ2n) is 7.79. The Kier molecular flexibility index (Phi) is 13.8. The highest BCUT2D eigenvalue weighted by molar-refractivity contribution is 6.68. The van der Waals surface area contributed by atoms with Gasteiger partial charge in [0.2, 0.25) is 9.70 Å². The fraction of sp³-hybridized carbons (Fsp3) is 0.696. The molecule has 0 radical (unpaired) electrons. The minimum absolute atomic E-state index is 0.0988. The molecule has 0 fully saturated rings. The molecular formula is C23H37Cl3N2O. The number of amides is 1. The van der Waals surface area contributed by atoms with Gasteiger partial charge in [0.25, 0.3) is 0 Å². The van der Waals surface area contributed by atoms with Gasteiger partial charge in [-0.1, -0.05) is 124 Å². The number of carbonyl (C=O) groups excluding carboxylic acids is 1. The van der Waals surface area contributed by atoms with Crippen molar-refractivity contribution in [3.8, 4) is 0 Å². The van der Waals surface area contributed by atoms with E-state index in [-0.39, 0.29) is 5.91 Å². The molecule has 1 rings (SSSR count). The molecule has 1 aromatic rings. The lowest BCUT2D eigenvalue weighted by Crippen LogP contribution is -2.49. The van der Waals surface area contributed by atoms with E-state index in [1.54, 1.807) is 0 Å². The van der Waals surface area contributed by atoms with E-state index in [0.717, 1.165) is 24.1 Å². The summed E-state index contributed by atoms with van der Waals surface area (Å²) in [5, 5.41) is 5.96. The number of nitrogens with one attached hydrogen (secondary N) is 2. The van der Waals surface area contributed by atoms with Crippen LogP contribution in [0.4, 0.5) is 5.69 Å². The lowest BCUT2D eigenvalue weighted by Gasteiger charge is -2.28. The number of carbonyl (C=O) groups is 1. The Balaban J connectivity index is 2.21. The molecule has 0 spiro atoms. The van der Waals surface area contributed by atoms with E-state index >= 15 is 0 Å². The molecule has 2 N–H and O–H groups in total. The highest BCUT2D eigenvalue weighted by Crippen LogP contribution is 2.31. The SMILES string of the molecule is CCCCCCCCCCCCCC(=O)N[C@@H](Nc1ccccc1C)C(Cl)(Cl)Cl. The van der Waals surface area contributed by atoms with Crippen LogP contribution in [0, 0.1) is 6.92 Å². The first-order chi connectivity index (χ1) is 13.8. The lowest BCUT2D eigenvalue weighted by atomic mass is 10.1. The van der Waals surface area contributed by atoms with E-state index in [1.807, 2.05) is 31.2 Å². The molecule has 1 amide bonds. The molecule has 0 aromatic heterocycles. The number of anilines is 1. The van der Waals surface area contributed by atoms with Crippen molar-refractivity contribution in [1.82, 2.24) is 5.32 Å². The highest BCUT2D eigenvalue weighted by atomic mass is 35.6. The third-order valence-corrected chi connectivity index (χ3v) is 5.74. The first-order valence-electron chi connectivity index (χ1n) is 11.0. The molecule has 0 unspecified atom stereocenters. The van der Waals surface area contributed by atoms with Crippen molar-refractivity contribution < 1.29 is 4.79 Å². The molecule has 0 aliphatic rings. The summed E-state index contributed by atoms with van der Waals surface area (Å²) in [7, 11) is 0.